The molecule has 1 aromatic rings. The second-order valence-electron chi connectivity index (χ2n) is 6.25. The molecule has 3 rings (SSSR count). The summed E-state index contributed by atoms with van der Waals surface area (Å²) in [6.45, 7) is 0.880. The molecule has 0 fully saturated rings. The van der Waals surface area contributed by atoms with Gasteiger partial charge < -0.3 is 10.2 Å². The zero-order chi connectivity index (χ0) is 17.2. The number of fused-ring (bicyclic) bond motifs is 1. The molecule has 1 N–H and O–H groups in total. The quantitative estimate of drug-likeness (QED) is 0.812. The van der Waals surface area contributed by atoms with Crippen LogP contribution >= 0.6 is 0 Å². The summed E-state index contributed by atoms with van der Waals surface area (Å²) in [7, 11) is 1.72. The van der Waals surface area contributed by atoms with E-state index < -0.39 is 5.66 Å². The molecule has 1 atom stereocenters. The van der Waals surface area contributed by atoms with E-state index in [1.165, 1.54) is 0 Å². The molecule has 124 valence electrons. The fraction of sp³-hybridized carbons (Fsp3) is 0.444. The van der Waals surface area contributed by atoms with Crippen LogP contribution < -0.4 is 5.32 Å². The van der Waals surface area contributed by atoms with E-state index in [1.54, 1.807) is 18.0 Å². The molecular formula is C18H20N4O2. The van der Waals surface area contributed by atoms with Gasteiger partial charge in [0.1, 0.15) is 0 Å². The van der Waals surface area contributed by atoms with Crippen LogP contribution in [0.1, 0.15) is 41.1 Å². The molecule has 2 amide bonds. The van der Waals surface area contributed by atoms with E-state index in [-0.39, 0.29) is 17.7 Å². The van der Waals surface area contributed by atoms with E-state index in [0.29, 0.717) is 31.5 Å². The first-order chi connectivity index (χ1) is 11.6. The second-order valence-corrected chi connectivity index (χ2v) is 6.25. The van der Waals surface area contributed by atoms with Crippen LogP contribution in [0.5, 0.6) is 0 Å². The zero-order valence-corrected chi connectivity index (χ0v) is 13.7. The van der Waals surface area contributed by atoms with Gasteiger partial charge in [0.2, 0.25) is 5.91 Å². The summed E-state index contributed by atoms with van der Waals surface area (Å²) >= 11 is 0. The van der Waals surface area contributed by atoms with Crippen LogP contribution in [0.15, 0.2) is 34.5 Å². The van der Waals surface area contributed by atoms with E-state index in [1.807, 2.05) is 18.2 Å². The normalized spacial score (nSPS) is 20.2. The number of amides is 2. The summed E-state index contributed by atoms with van der Waals surface area (Å²) in [6.07, 6.45) is 7.28. The first-order valence-electron chi connectivity index (χ1n) is 8.06. The Hall–Kier alpha value is -2.68. The largest absolute Gasteiger partial charge is 0.355 e. The summed E-state index contributed by atoms with van der Waals surface area (Å²) in [5.41, 5.74) is 1.00. The van der Waals surface area contributed by atoms with Crippen LogP contribution in [-0.2, 0) is 4.79 Å². The van der Waals surface area contributed by atoms with Gasteiger partial charge in [-0.3, -0.25) is 9.59 Å². The van der Waals surface area contributed by atoms with Crippen molar-refractivity contribution in [2.45, 2.75) is 30.8 Å². The van der Waals surface area contributed by atoms with Crippen LogP contribution in [0.4, 0.5) is 0 Å². The van der Waals surface area contributed by atoms with Gasteiger partial charge in [-0.2, -0.15) is 10.2 Å². The third kappa shape index (κ3) is 3.16. The van der Waals surface area contributed by atoms with Gasteiger partial charge in [0, 0.05) is 45.0 Å². The summed E-state index contributed by atoms with van der Waals surface area (Å²) in [4.78, 5) is 26.4. The third-order valence-electron chi connectivity index (χ3n) is 4.56. The summed E-state index contributed by atoms with van der Waals surface area (Å²) < 4.78 is 0. The second kappa shape index (κ2) is 6.44. The van der Waals surface area contributed by atoms with Crippen molar-refractivity contribution < 1.29 is 9.59 Å². The van der Waals surface area contributed by atoms with Crippen LogP contribution in [0, 0.1) is 12.3 Å². The van der Waals surface area contributed by atoms with Gasteiger partial charge in [-0.15, -0.1) is 12.3 Å². The highest BCUT2D eigenvalue weighted by atomic mass is 16.2. The molecule has 0 saturated heterocycles. The highest BCUT2D eigenvalue weighted by Gasteiger charge is 2.39. The van der Waals surface area contributed by atoms with Crippen molar-refractivity contribution >= 4 is 11.8 Å². The predicted molar refractivity (Wildman–Crippen MR) is 89.4 cm³/mol. The van der Waals surface area contributed by atoms with Gasteiger partial charge in [0.15, 0.2) is 5.66 Å². The Morgan fingerprint density at radius 3 is 2.88 bits per heavy atom. The number of nitrogens with one attached hydrogen (secondary N) is 1. The lowest BCUT2D eigenvalue weighted by Gasteiger charge is -2.31. The Morgan fingerprint density at radius 1 is 1.42 bits per heavy atom. The number of hydrogen-bond acceptors (Lipinski definition) is 4. The fourth-order valence-electron chi connectivity index (χ4n) is 3.06. The van der Waals surface area contributed by atoms with Crippen molar-refractivity contribution in [1.29, 1.82) is 0 Å². The lowest BCUT2D eigenvalue weighted by atomic mass is 9.89. The Bertz CT molecular complexity index is 729. The molecule has 0 aliphatic carbocycles. The van der Waals surface area contributed by atoms with Crippen LogP contribution in [0.2, 0.25) is 0 Å². The Balaban J connectivity index is 1.61. The molecule has 1 aromatic carbocycles. The molecule has 2 aliphatic rings. The number of carbonyl (C=O) groups excluding carboxylic acids is 2. The lowest BCUT2D eigenvalue weighted by molar-refractivity contribution is -0.122. The van der Waals surface area contributed by atoms with Gasteiger partial charge in [0.05, 0.1) is 5.92 Å². The minimum absolute atomic E-state index is 0.0431. The lowest BCUT2D eigenvalue weighted by Crippen LogP contribution is -2.43. The van der Waals surface area contributed by atoms with Gasteiger partial charge in [-0.1, -0.05) is 18.2 Å². The fourth-order valence-corrected chi connectivity index (χ4v) is 3.06. The zero-order valence-electron chi connectivity index (χ0n) is 13.7. The maximum Gasteiger partial charge on any atom is 0.253 e. The number of carbonyl (C=O) groups is 2. The summed E-state index contributed by atoms with van der Waals surface area (Å²) in [5, 5.41) is 11.1. The van der Waals surface area contributed by atoms with Crippen molar-refractivity contribution in [3.05, 3.63) is 35.4 Å². The summed E-state index contributed by atoms with van der Waals surface area (Å²) in [6, 6.07) is 7.29. The van der Waals surface area contributed by atoms with Crippen molar-refractivity contribution in [2.75, 3.05) is 20.1 Å². The number of rotatable bonds is 6. The third-order valence-corrected chi connectivity index (χ3v) is 4.56. The molecule has 0 spiro atoms. The number of terminal acetylenes is 1. The first kappa shape index (κ1) is 16.2. The van der Waals surface area contributed by atoms with Crippen molar-refractivity contribution in [2.24, 2.45) is 10.2 Å². The Kier molecular flexibility index (Phi) is 4.34. The molecule has 0 saturated carbocycles. The molecule has 2 heterocycles. The molecule has 0 radical (unpaired) electrons. The van der Waals surface area contributed by atoms with E-state index in [0.717, 1.165) is 12.0 Å². The molecule has 2 aliphatic heterocycles. The van der Waals surface area contributed by atoms with E-state index in [9.17, 15) is 9.59 Å². The highest BCUT2D eigenvalue weighted by Crippen LogP contribution is 2.36. The molecule has 0 aromatic heterocycles. The van der Waals surface area contributed by atoms with Crippen LogP contribution in [0.25, 0.3) is 0 Å². The maximum atomic E-state index is 12.6. The SMILES string of the molecule is C#CCCC1(CCNC(=O)C2CN(C)C(=O)c3ccccc32)N=N1. The van der Waals surface area contributed by atoms with E-state index >= 15 is 0 Å². The van der Waals surface area contributed by atoms with E-state index in [4.69, 9.17) is 6.42 Å². The van der Waals surface area contributed by atoms with Crippen molar-refractivity contribution in [1.82, 2.24) is 10.2 Å². The van der Waals surface area contributed by atoms with Crippen molar-refractivity contribution in [3.63, 3.8) is 0 Å². The Labute approximate surface area is 141 Å². The molecule has 0 bridgehead atoms. The van der Waals surface area contributed by atoms with Gasteiger partial charge in [-0.05, 0) is 11.6 Å². The minimum Gasteiger partial charge on any atom is -0.355 e. The number of nitrogens with zero attached hydrogens (tertiary/aromatic N) is 3. The monoisotopic (exact) mass is 324 g/mol. The highest BCUT2D eigenvalue weighted by molar-refractivity contribution is 6.00. The van der Waals surface area contributed by atoms with Crippen molar-refractivity contribution in [3.8, 4) is 12.3 Å². The number of likely N-dealkylation sites (N-methyl/N-ethyl adjacent to an activating group) is 1. The van der Waals surface area contributed by atoms with Gasteiger partial charge in [0.25, 0.3) is 5.91 Å². The van der Waals surface area contributed by atoms with Crippen LogP contribution in [0.3, 0.4) is 0 Å². The molecule has 6 nitrogen and oxygen atoms in total. The molecule has 24 heavy (non-hydrogen) atoms. The standard InChI is InChI=1S/C18H20N4O2/c1-3-4-9-18(20-21-18)10-11-19-16(23)15-12-22(2)17(24)14-8-6-5-7-13(14)15/h1,5-8,15H,4,9-12H2,2H3,(H,19,23). The predicted octanol–water partition coefficient (Wildman–Crippen LogP) is 1.94. The van der Waals surface area contributed by atoms with Gasteiger partial charge in [-0.25, -0.2) is 0 Å². The first-order valence-corrected chi connectivity index (χ1v) is 8.06. The number of hydrogen-bond donors (Lipinski definition) is 1. The van der Waals surface area contributed by atoms with Gasteiger partial charge >= 0.3 is 0 Å². The number of benzene rings is 1. The average Bonchev–Trinajstić information content (AvgIpc) is 3.36. The maximum absolute atomic E-state index is 12.6. The average molecular weight is 324 g/mol. The minimum atomic E-state index is -0.392. The van der Waals surface area contributed by atoms with E-state index in [2.05, 4.69) is 21.5 Å². The molecule has 6 heteroatoms. The Morgan fingerprint density at radius 2 is 2.17 bits per heavy atom. The molecule has 1 unspecified atom stereocenters. The smallest absolute Gasteiger partial charge is 0.253 e. The summed E-state index contributed by atoms with van der Waals surface area (Å²) in [5.74, 6) is 2.12. The van der Waals surface area contributed by atoms with Crippen LogP contribution in [-0.4, -0.2) is 42.5 Å². The molecular weight excluding hydrogens is 304 g/mol. The topological polar surface area (TPSA) is 74.1 Å².